The Balaban J connectivity index is 2.03. The van der Waals surface area contributed by atoms with E-state index in [0.29, 0.717) is 21.8 Å². The number of amides is 1. The van der Waals surface area contributed by atoms with Gasteiger partial charge in [-0.25, -0.2) is 4.98 Å². The molecule has 0 saturated heterocycles. The molecule has 2 rings (SSSR count). The summed E-state index contributed by atoms with van der Waals surface area (Å²) in [5.41, 5.74) is 2.33. The lowest BCUT2D eigenvalue weighted by Gasteiger charge is -2.14. The Kier molecular flexibility index (Phi) is 6.31. The van der Waals surface area contributed by atoms with Crippen LogP contribution in [0.3, 0.4) is 0 Å². The molecule has 1 heterocycles. The molecule has 0 fully saturated rings. The van der Waals surface area contributed by atoms with E-state index in [0.717, 1.165) is 5.56 Å². The molecule has 1 atom stereocenters. The van der Waals surface area contributed by atoms with Crippen LogP contribution in [0.25, 0.3) is 0 Å². The van der Waals surface area contributed by atoms with Crippen LogP contribution in [0.4, 0.5) is 0 Å². The highest BCUT2D eigenvalue weighted by atomic mass is 32.2. The van der Waals surface area contributed by atoms with Gasteiger partial charge in [-0.15, -0.1) is 0 Å². The number of rotatable bonds is 6. The Bertz CT molecular complexity index is 829. The zero-order valence-corrected chi connectivity index (χ0v) is 15.2. The number of aromatic nitrogens is 1. The summed E-state index contributed by atoms with van der Waals surface area (Å²) >= 11 is 1.19. The molecule has 1 aromatic carbocycles. The monoisotopic (exact) mass is 353 g/mol. The number of nitrogens with zero attached hydrogens (tertiary/aromatic N) is 2. The largest absolute Gasteiger partial charge is 0.349 e. The lowest BCUT2D eigenvalue weighted by molar-refractivity contribution is -0.119. The van der Waals surface area contributed by atoms with Crippen molar-refractivity contribution in [3.63, 3.8) is 0 Å². The summed E-state index contributed by atoms with van der Waals surface area (Å²) in [5, 5.41) is 12.6. The average Bonchev–Trinajstić information content (AvgIpc) is 2.60. The Morgan fingerprint density at radius 1 is 1.32 bits per heavy atom. The second-order valence-electron chi connectivity index (χ2n) is 5.63. The highest BCUT2D eigenvalue weighted by Gasteiger charge is 2.15. The first-order valence-corrected chi connectivity index (χ1v) is 8.80. The number of thioether (sulfide) groups is 1. The predicted molar refractivity (Wildman–Crippen MR) is 97.4 cm³/mol. The van der Waals surface area contributed by atoms with Crippen LogP contribution < -0.4 is 5.32 Å². The molecule has 0 aliphatic heterocycles. The van der Waals surface area contributed by atoms with Gasteiger partial charge in [-0.3, -0.25) is 9.59 Å². The van der Waals surface area contributed by atoms with Gasteiger partial charge < -0.3 is 5.32 Å². The van der Waals surface area contributed by atoms with E-state index in [4.69, 9.17) is 0 Å². The van der Waals surface area contributed by atoms with Gasteiger partial charge in [0, 0.05) is 11.3 Å². The number of pyridine rings is 1. The lowest BCUT2D eigenvalue weighted by Crippen LogP contribution is -2.28. The topological polar surface area (TPSA) is 82.8 Å². The molecule has 2 aromatic rings. The van der Waals surface area contributed by atoms with Crippen molar-refractivity contribution in [3.05, 3.63) is 58.8 Å². The molecule has 5 nitrogen and oxygen atoms in total. The summed E-state index contributed by atoms with van der Waals surface area (Å²) in [6.45, 7) is 5.08. The first kappa shape index (κ1) is 18.7. The number of hydrogen-bond acceptors (Lipinski definition) is 5. The fourth-order valence-corrected chi connectivity index (χ4v) is 3.18. The van der Waals surface area contributed by atoms with Gasteiger partial charge in [0.25, 0.3) is 0 Å². The van der Waals surface area contributed by atoms with Crippen molar-refractivity contribution < 1.29 is 9.59 Å². The maximum Gasteiger partial charge on any atom is 0.230 e. The van der Waals surface area contributed by atoms with Crippen LogP contribution in [0.5, 0.6) is 0 Å². The molecule has 0 spiro atoms. The fraction of sp³-hybridized carbons (Fsp3) is 0.263. The van der Waals surface area contributed by atoms with E-state index in [1.54, 1.807) is 6.92 Å². The van der Waals surface area contributed by atoms with Gasteiger partial charge >= 0.3 is 0 Å². The summed E-state index contributed by atoms with van der Waals surface area (Å²) in [4.78, 5) is 28.0. The molecular weight excluding hydrogens is 334 g/mol. The summed E-state index contributed by atoms with van der Waals surface area (Å²) in [5.74, 6) is -0.120. The maximum atomic E-state index is 12.2. The highest BCUT2D eigenvalue weighted by Crippen LogP contribution is 2.23. The van der Waals surface area contributed by atoms with Crippen LogP contribution >= 0.6 is 11.8 Å². The molecule has 6 heteroatoms. The molecule has 25 heavy (non-hydrogen) atoms. The Morgan fingerprint density at radius 2 is 2.00 bits per heavy atom. The van der Waals surface area contributed by atoms with E-state index >= 15 is 0 Å². The van der Waals surface area contributed by atoms with Crippen molar-refractivity contribution in [2.45, 2.75) is 31.8 Å². The first-order valence-electron chi connectivity index (χ1n) is 7.82. The zero-order chi connectivity index (χ0) is 18.4. The SMILES string of the molecule is CC(=O)c1cc(C#N)c(SCC(=O)NC(C)c2ccccc2)nc1C. The Hall–Kier alpha value is -2.65. The minimum atomic E-state index is -0.139. The number of aryl methyl sites for hydroxylation is 1. The number of nitrogens with one attached hydrogen (secondary N) is 1. The summed E-state index contributed by atoms with van der Waals surface area (Å²) in [6.07, 6.45) is 0. The zero-order valence-electron chi connectivity index (χ0n) is 14.4. The van der Waals surface area contributed by atoms with Crippen LogP contribution in [0.1, 0.15) is 47.1 Å². The van der Waals surface area contributed by atoms with Crippen molar-refractivity contribution in [2.75, 3.05) is 5.75 Å². The van der Waals surface area contributed by atoms with E-state index in [9.17, 15) is 14.9 Å². The van der Waals surface area contributed by atoms with Crippen molar-refractivity contribution in [1.29, 1.82) is 5.26 Å². The number of carbonyl (C=O) groups is 2. The van der Waals surface area contributed by atoms with E-state index in [-0.39, 0.29) is 23.5 Å². The van der Waals surface area contributed by atoms with Gasteiger partial charge in [0.1, 0.15) is 11.1 Å². The molecule has 128 valence electrons. The summed E-state index contributed by atoms with van der Waals surface area (Å²) in [7, 11) is 0. The number of nitriles is 1. The molecule has 1 aromatic heterocycles. The molecule has 0 saturated carbocycles. The second kappa shape index (κ2) is 8.45. The van der Waals surface area contributed by atoms with Gasteiger partial charge in [0.15, 0.2) is 5.78 Å². The third-order valence-electron chi connectivity index (χ3n) is 3.69. The maximum absolute atomic E-state index is 12.2. The third kappa shape index (κ3) is 4.91. The van der Waals surface area contributed by atoms with Crippen LogP contribution in [0, 0.1) is 18.3 Å². The van der Waals surface area contributed by atoms with E-state index in [1.807, 2.05) is 43.3 Å². The number of ketones is 1. The Labute approximate surface area is 151 Å². The van der Waals surface area contributed by atoms with Crippen LogP contribution in [-0.4, -0.2) is 22.4 Å². The van der Waals surface area contributed by atoms with Crippen LogP contribution in [0.2, 0.25) is 0 Å². The molecule has 1 N–H and O–H groups in total. The minimum absolute atomic E-state index is 0.0977. The Morgan fingerprint density at radius 3 is 2.60 bits per heavy atom. The van der Waals surface area contributed by atoms with Gasteiger partial charge in [0.05, 0.1) is 17.4 Å². The average molecular weight is 353 g/mol. The molecule has 0 bridgehead atoms. The van der Waals surface area contributed by atoms with Gasteiger partial charge in [-0.1, -0.05) is 42.1 Å². The van der Waals surface area contributed by atoms with Crippen molar-refractivity contribution in [3.8, 4) is 6.07 Å². The molecule has 1 unspecified atom stereocenters. The highest BCUT2D eigenvalue weighted by molar-refractivity contribution is 8.00. The van der Waals surface area contributed by atoms with Crippen LogP contribution in [-0.2, 0) is 4.79 Å². The lowest BCUT2D eigenvalue weighted by atomic mass is 10.1. The normalized spacial score (nSPS) is 11.4. The molecule has 0 radical (unpaired) electrons. The smallest absolute Gasteiger partial charge is 0.230 e. The van der Waals surface area contributed by atoms with Crippen molar-refractivity contribution in [1.82, 2.24) is 10.3 Å². The number of hydrogen-bond donors (Lipinski definition) is 1. The van der Waals surface area contributed by atoms with E-state index in [1.165, 1.54) is 24.8 Å². The van der Waals surface area contributed by atoms with Gasteiger partial charge in [0.2, 0.25) is 5.91 Å². The minimum Gasteiger partial charge on any atom is -0.349 e. The van der Waals surface area contributed by atoms with Gasteiger partial charge in [-0.2, -0.15) is 5.26 Å². The summed E-state index contributed by atoms with van der Waals surface area (Å²) in [6, 6.07) is 13.2. The first-order chi connectivity index (χ1) is 11.9. The van der Waals surface area contributed by atoms with Gasteiger partial charge in [-0.05, 0) is 32.4 Å². The third-order valence-corrected chi connectivity index (χ3v) is 4.69. The quantitative estimate of drug-likeness (QED) is 0.635. The fourth-order valence-electron chi connectivity index (χ4n) is 2.37. The van der Waals surface area contributed by atoms with Crippen molar-refractivity contribution >= 4 is 23.5 Å². The molecular formula is C19H19N3O2S. The standard InChI is InChI=1S/C19H19N3O2S/c1-12(15-7-5-4-6-8-15)21-18(24)11-25-19-16(10-20)9-17(14(3)23)13(2)22-19/h4-9,12H,11H2,1-3H3,(H,21,24). The second-order valence-corrected chi connectivity index (χ2v) is 6.59. The summed E-state index contributed by atoms with van der Waals surface area (Å²) < 4.78 is 0. The predicted octanol–water partition coefficient (Wildman–Crippen LogP) is 3.43. The molecule has 0 aliphatic rings. The van der Waals surface area contributed by atoms with E-state index in [2.05, 4.69) is 10.3 Å². The van der Waals surface area contributed by atoms with Crippen molar-refractivity contribution in [2.24, 2.45) is 0 Å². The van der Waals surface area contributed by atoms with E-state index < -0.39 is 0 Å². The molecule has 0 aliphatic carbocycles. The van der Waals surface area contributed by atoms with Crippen LogP contribution in [0.15, 0.2) is 41.4 Å². The number of carbonyl (C=O) groups excluding carboxylic acids is 2. The number of benzene rings is 1. The molecule has 1 amide bonds. The number of Topliss-reactive ketones (excluding diaryl/α,β-unsaturated/α-hetero) is 1.